The molecule has 0 heterocycles. The van der Waals surface area contributed by atoms with Crippen molar-refractivity contribution in [2.75, 3.05) is 18.4 Å². The predicted molar refractivity (Wildman–Crippen MR) is 106 cm³/mol. The molecule has 0 aliphatic rings. The van der Waals surface area contributed by atoms with Crippen molar-refractivity contribution in [2.24, 2.45) is 0 Å². The van der Waals surface area contributed by atoms with Crippen LogP contribution in [-0.4, -0.2) is 24.9 Å². The van der Waals surface area contributed by atoms with Gasteiger partial charge in [-0.25, -0.2) is 0 Å². The van der Waals surface area contributed by atoms with Crippen LogP contribution in [0.5, 0.6) is 0 Å². The summed E-state index contributed by atoms with van der Waals surface area (Å²) in [6, 6.07) is 12.7. The van der Waals surface area contributed by atoms with Gasteiger partial charge in [-0.2, -0.15) is 0 Å². The topological polar surface area (TPSA) is 70.2 Å². The largest absolute Gasteiger partial charge is 0.346 e. The Hall–Kier alpha value is -2.08. The van der Waals surface area contributed by atoms with Crippen molar-refractivity contribution in [3.8, 4) is 0 Å². The van der Waals surface area contributed by atoms with Gasteiger partial charge >= 0.3 is 0 Å². The van der Waals surface area contributed by atoms with Gasteiger partial charge in [0.15, 0.2) is 0 Å². The van der Waals surface area contributed by atoms with Gasteiger partial charge in [0.25, 0.3) is 0 Å². The monoisotopic (exact) mass is 393 g/mol. The second kappa shape index (κ2) is 9.57. The number of rotatable bonds is 7. The molecule has 2 amide bonds. The lowest BCUT2D eigenvalue weighted by Crippen LogP contribution is -2.39. The van der Waals surface area contributed by atoms with Gasteiger partial charge in [-0.1, -0.05) is 41.4 Å². The van der Waals surface area contributed by atoms with Crippen LogP contribution in [0.4, 0.5) is 5.69 Å². The summed E-state index contributed by atoms with van der Waals surface area (Å²) in [6.07, 6.45) is 0. The van der Waals surface area contributed by atoms with Crippen molar-refractivity contribution in [2.45, 2.75) is 19.9 Å². The Morgan fingerprint density at radius 3 is 2.50 bits per heavy atom. The van der Waals surface area contributed by atoms with E-state index < -0.39 is 0 Å². The van der Waals surface area contributed by atoms with Crippen LogP contribution < -0.4 is 16.0 Å². The Labute approximate surface area is 163 Å². The molecule has 2 rings (SSSR count). The molecule has 0 fully saturated rings. The molecule has 0 aliphatic carbocycles. The summed E-state index contributed by atoms with van der Waals surface area (Å²) in [6.45, 7) is 3.74. The highest BCUT2D eigenvalue weighted by Crippen LogP contribution is 2.22. The quantitative estimate of drug-likeness (QED) is 0.671. The molecule has 7 heteroatoms. The highest BCUT2D eigenvalue weighted by molar-refractivity contribution is 6.31. The Morgan fingerprint density at radius 2 is 1.77 bits per heavy atom. The molecule has 0 aliphatic heterocycles. The van der Waals surface area contributed by atoms with E-state index in [4.69, 9.17) is 23.2 Å². The van der Waals surface area contributed by atoms with E-state index in [9.17, 15) is 9.59 Å². The van der Waals surface area contributed by atoms with Crippen LogP contribution in [-0.2, 0) is 9.59 Å². The molecular formula is C19H21Cl2N3O2. The summed E-state index contributed by atoms with van der Waals surface area (Å²) in [5, 5.41) is 9.63. The Morgan fingerprint density at radius 1 is 1.04 bits per heavy atom. The average molecular weight is 394 g/mol. The SMILES string of the molecule is Cc1c(Cl)cccc1NC(=O)CNC(=O)CN[C@@H](C)c1cccc(Cl)c1. The van der Waals surface area contributed by atoms with Crippen molar-refractivity contribution in [1.82, 2.24) is 10.6 Å². The first-order chi connectivity index (χ1) is 12.4. The zero-order valence-electron chi connectivity index (χ0n) is 14.6. The molecule has 0 unspecified atom stereocenters. The van der Waals surface area contributed by atoms with Crippen molar-refractivity contribution in [1.29, 1.82) is 0 Å². The number of halogens is 2. The second-order valence-electron chi connectivity index (χ2n) is 5.89. The van der Waals surface area contributed by atoms with Crippen molar-refractivity contribution in [3.05, 3.63) is 63.6 Å². The number of anilines is 1. The van der Waals surface area contributed by atoms with Crippen LogP contribution in [0.3, 0.4) is 0 Å². The highest BCUT2D eigenvalue weighted by atomic mass is 35.5. The third-order valence-electron chi connectivity index (χ3n) is 3.91. The summed E-state index contributed by atoms with van der Waals surface area (Å²) in [4.78, 5) is 23.9. The number of benzene rings is 2. The maximum atomic E-state index is 12.0. The molecule has 2 aromatic rings. The van der Waals surface area contributed by atoms with Gasteiger partial charge in [0.2, 0.25) is 11.8 Å². The maximum Gasteiger partial charge on any atom is 0.243 e. The lowest BCUT2D eigenvalue weighted by molar-refractivity contribution is -0.123. The first-order valence-electron chi connectivity index (χ1n) is 8.17. The van der Waals surface area contributed by atoms with Crippen LogP contribution in [0.1, 0.15) is 24.1 Å². The zero-order valence-corrected chi connectivity index (χ0v) is 16.1. The predicted octanol–water partition coefficient (Wildman–Crippen LogP) is 3.71. The number of amides is 2. The Kier molecular flexibility index (Phi) is 7.45. The van der Waals surface area contributed by atoms with Crippen LogP contribution in [0.2, 0.25) is 10.0 Å². The Balaban J connectivity index is 1.76. The van der Waals surface area contributed by atoms with Crippen LogP contribution in [0, 0.1) is 6.92 Å². The molecule has 0 saturated heterocycles. The van der Waals surface area contributed by atoms with Crippen molar-refractivity contribution >= 4 is 40.7 Å². The summed E-state index contributed by atoms with van der Waals surface area (Å²) in [5.74, 6) is -0.580. The van der Waals surface area contributed by atoms with E-state index in [1.165, 1.54) is 0 Å². The number of hydrogen-bond acceptors (Lipinski definition) is 3. The van der Waals surface area contributed by atoms with Crippen LogP contribution >= 0.6 is 23.2 Å². The molecule has 3 N–H and O–H groups in total. The standard InChI is InChI=1S/C19H21Cl2N3O2/c1-12-16(21)7-4-8-17(12)24-19(26)11-23-18(25)10-22-13(2)14-5-3-6-15(20)9-14/h3-9,13,22H,10-11H2,1-2H3,(H,23,25)(H,24,26)/t13-/m0/s1. The molecule has 0 saturated carbocycles. The zero-order chi connectivity index (χ0) is 19.1. The third-order valence-corrected chi connectivity index (χ3v) is 4.55. The van der Waals surface area contributed by atoms with Gasteiger partial charge in [-0.05, 0) is 49.2 Å². The molecule has 0 radical (unpaired) electrons. The molecular weight excluding hydrogens is 373 g/mol. The fraction of sp³-hybridized carbons (Fsp3) is 0.263. The number of nitrogens with one attached hydrogen (secondary N) is 3. The Bertz CT molecular complexity index is 796. The van der Waals surface area contributed by atoms with E-state index in [0.29, 0.717) is 15.7 Å². The maximum absolute atomic E-state index is 12.0. The lowest BCUT2D eigenvalue weighted by atomic mass is 10.1. The van der Waals surface area contributed by atoms with Gasteiger partial charge < -0.3 is 16.0 Å². The third kappa shape index (κ3) is 6.02. The van der Waals surface area contributed by atoms with Gasteiger partial charge in [0.1, 0.15) is 0 Å². The van der Waals surface area contributed by atoms with E-state index in [-0.39, 0.29) is 30.9 Å². The molecule has 0 spiro atoms. The molecule has 0 aromatic heterocycles. The van der Waals surface area contributed by atoms with Gasteiger partial charge in [0, 0.05) is 21.8 Å². The fourth-order valence-electron chi connectivity index (χ4n) is 2.32. The second-order valence-corrected chi connectivity index (χ2v) is 6.74. The molecule has 5 nitrogen and oxygen atoms in total. The van der Waals surface area contributed by atoms with E-state index >= 15 is 0 Å². The summed E-state index contributed by atoms with van der Waals surface area (Å²) < 4.78 is 0. The van der Waals surface area contributed by atoms with E-state index in [2.05, 4.69) is 16.0 Å². The fourth-order valence-corrected chi connectivity index (χ4v) is 2.69. The smallest absolute Gasteiger partial charge is 0.243 e. The minimum atomic E-state index is -0.313. The molecule has 26 heavy (non-hydrogen) atoms. The number of carbonyl (C=O) groups excluding carboxylic acids is 2. The highest BCUT2D eigenvalue weighted by Gasteiger charge is 2.10. The van der Waals surface area contributed by atoms with E-state index in [1.54, 1.807) is 24.3 Å². The first kappa shape index (κ1) is 20.2. The van der Waals surface area contributed by atoms with Crippen LogP contribution in [0.15, 0.2) is 42.5 Å². The molecule has 138 valence electrons. The molecule has 0 bridgehead atoms. The average Bonchev–Trinajstić information content (AvgIpc) is 2.61. The summed E-state index contributed by atoms with van der Waals surface area (Å²) in [7, 11) is 0. The lowest BCUT2D eigenvalue weighted by Gasteiger charge is -2.14. The minimum Gasteiger partial charge on any atom is -0.346 e. The number of hydrogen-bond donors (Lipinski definition) is 3. The molecule has 2 aromatic carbocycles. The van der Waals surface area contributed by atoms with Crippen LogP contribution in [0.25, 0.3) is 0 Å². The van der Waals surface area contributed by atoms with Gasteiger partial charge in [-0.3, -0.25) is 9.59 Å². The van der Waals surface area contributed by atoms with Crippen molar-refractivity contribution < 1.29 is 9.59 Å². The van der Waals surface area contributed by atoms with E-state index in [1.807, 2.05) is 32.0 Å². The molecule has 1 atom stereocenters. The van der Waals surface area contributed by atoms with Crippen molar-refractivity contribution in [3.63, 3.8) is 0 Å². The number of carbonyl (C=O) groups is 2. The normalized spacial score (nSPS) is 11.7. The summed E-state index contributed by atoms with van der Waals surface area (Å²) >= 11 is 12.0. The van der Waals surface area contributed by atoms with Gasteiger partial charge in [-0.15, -0.1) is 0 Å². The minimum absolute atomic E-state index is 0.0395. The summed E-state index contributed by atoms with van der Waals surface area (Å²) in [5.41, 5.74) is 2.40. The van der Waals surface area contributed by atoms with Gasteiger partial charge in [0.05, 0.1) is 13.1 Å². The van der Waals surface area contributed by atoms with E-state index in [0.717, 1.165) is 11.1 Å². The first-order valence-corrected chi connectivity index (χ1v) is 8.93.